The third kappa shape index (κ3) is 4.77. The Balaban J connectivity index is 2.73. The van der Waals surface area contributed by atoms with Crippen LogP contribution in [0.2, 0.25) is 0 Å². The molecule has 0 atom stereocenters. The zero-order valence-corrected chi connectivity index (χ0v) is 13.8. The molecule has 0 aliphatic carbocycles. The summed E-state index contributed by atoms with van der Waals surface area (Å²) >= 11 is 0. The number of amides is 1. The van der Waals surface area contributed by atoms with Gasteiger partial charge in [0.05, 0.1) is 18.8 Å². The molecular weight excluding hydrogens is 268 g/mol. The summed E-state index contributed by atoms with van der Waals surface area (Å²) in [5.74, 6) is 0.643. The highest BCUT2D eigenvalue weighted by Gasteiger charge is 2.09. The Hall–Kier alpha value is -2.05. The highest BCUT2D eigenvalue weighted by molar-refractivity contribution is 5.86. The highest BCUT2D eigenvalue weighted by Crippen LogP contribution is 2.12. The zero-order chi connectivity index (χ0) is 16.0. The van der Waals surface area contributed by atoms with E-state index >= 15 is 0 Å². The fraction of sp³-hybridized carbons (Fsp3) is 0.643. The summed E-state index contributed by atoms with van der Waals surface area (Å²) in [6.45, 7) is 7.51. The average molecular weight is 294 g/mol. The molecule has 21 heavy (non-hydrogen) atoms. The molecule has 7 nitrogen and oxygen atoms in total. The first-order valence-electron chi connectivity index (χ1n) is 7.08. The Bertz CT molecular complexity index is 518. The van der Waals surface area contributed by atoms with Crippen molar-refractivity contribution in [1.82, 2.24) is 25.3 Å². The van der Waals surface area contributed by atoms with E-state index in [2.05, 4.69) is 20.7 Å². The minimum Gasteiger partial charge on any atom is -0.357 e. The first-order chi connectivity index (χ1) is 9.86. The van der Waals surface area contributed by atoms with E-state index in [1.165, 1.54) is 0 Å². The molecule has 0 aromatic carbocycles. The van der Waals surface area contributed by atoms with Crippen LogP contribution in [-0.4, -0.2) is 53.7 Å². The number of nitrogens with zero attached hydrogens (tertiary/aromatic N) is 4. The number of hydrogen-bond donors (Lipinski definition) is 2. The molecule has 7 heteroatoms. The molecular formula is C14H26N6O. The van der Waals surface area contributed by atoms with E-state index in [4.69, 9.17) is 0 Å². The fourth-order valence-corrected chi connectivity index (χ4v) is 1.86. The van der Waals surface area contributed by atoms with Crippen LogP contribution in [0.1, 0.15) is 23.9 Å². The second-order valence-electron chi connectivity index (χ2n) is 5.11. The topological polar surface area (TPSA) is 74.5 Å². The SMILES string of the molecule is CCNC(=NCc1c(C)nn(C)c1C)NCC(=O)N(C)C. The standard InChI is InChI=1S/C14H26N6O/c1-7-15-14(17-9-13(21)19(4)5)16-8-12-10(2)18-20(6)11(12)3/h7-9H2,1-6H3,(H2,15,16,17). The molecule has 1 aromatic heterocycles. The van der Waals surface area contributed by atoms with Gasteiger partial charge < -0.3 is 15.5 Å². The van der Waals surface area contributed by atoms with Gasteiger partial charge in [0, 0.05) is 38.9 Å². The maximum Gasteiger partial charge on any atom is 0.241 e. The number of aryl methyl sites for hydroxylation is 2. The number of carbonyl (C=O) groups is 1. The van der Waals surface area contributed by atoms with Gasteiger partial charge in [-0.1, -0.05) is 0 Å². The van der Waals surface area contributed by atoms with E-state index in [9.17, 15) is 4.79 Å². The van der Waals surface area contributed by atoms with Crippen LogP contribution in [-0.2, 0) is 18.4 Å². The van der Waals surface area contributed by atoms with Crippen LogP contribution < -0.4 is 10.6 Å². The third-order valence-electron chi connectivity index (χ3n) is 3.30. The molecule has 0 radical (unpaired) electrons. The van der Waals surface area contributed by atoms with Crippen molar-refractivity contribution in [3.8, 4) is 0 Å². The number of guanidine groups is 1. The van der Waals surface area contributed by atoms with E-state index in [1.54, 1.807) is 19.0 Å². The Morgan fingerprint density at radius 3 is 2.48 bits per heavy atom. The molecule has 0 aliphatic rings. The van der Waals surface area contributed by atoms with Crippen LogP contribution in [0.5, 0.6) is 0 Å². The molecule has 118 valence electrons. The number of nitrogens with one attached hydrogen (secondary N) is 2. The van der Waals surface area contributed by atoms with Gasteiger partial charge in [-0.2, -0.15) is 5.10 Å². The molecule has 1 aromatic rings. The number of aliphatic imine (C=N–C) groups is 1. The monoisotopic (exact) mass is 294 g/mol. The summed E-state index contributed by atoms with van der Waals surface area (Å²) in [7, 11) is 5.39. The summed E-state index contributed by atoms with van der Waals surface area (Å²) in [6.07, 6.45) is 0. The van der Waals surface area contributed by atoms with Crippen molar-refractivity contribution in [2.75, 3.05) is 27.2 Å². The average Bonchev–Trinajstić information content (AvgIpc) is 2.66. The van der Waals surface area contributed by atoms with Crippen molar-refractivity contribution in [3.63, 3.8) is 0 Å². The maximum absolute atomic E-state index is 11.6. The fourth-order valence-electron chi connectivity index (χ4n) is 1.86. The summed E-state index contributed by atoms with van der Waals surface area (Å²) in [4.78, 5) is 17.7. The minimum atomic E-state index is 0.00865. The summed E-state index contributed by atoms with van der Waals surface area (Å²) < 4.78 is 1.86. The van der Waals surface area contributed by atoms with E-state index in [1.807, 2.05) is 32.5 Å². The first kappa shape index (κ1) is 17.0. The molecule has 1 amide bonds. The van der Waals surface area contributed by atoms with Gasteiger partial charge in [0.15, 0.2) is 5.96 Å². The molecule has 0 saturated carbocycles. The normalized spacial score (nSPS) is 11.4. The molecule has 1 rings (SSSR count). The van der Waals surface area contributed by atoms with Gasteiger partial charge in [-0.3, -0.25) is 9.48 Å². The molecule has 2 N–H and O–H groups in total. The maximum atomic E-state index is 11.6. The summed E-state index contributed by atoms with van der Waals surface area (Å²) in [5.41, 5.74) is 3.21. The molecule has 0 fully saturated rings. The van der Waals surface area contributed by atoms with Crippen molar-refractivity contribution >= 4 is 11.9 Å². The summed E-state index contributed by atoms with van der Waals surface area (Å²) in [5, 5.41) is 10.5. The predicted octanol–water partition coefficient (Wildman–Crippen LogP) is 0.180. The number of hydrogen-bond acceptors (Lipinski definition) is 3. The second-order valence-corrected chi connectivity index (χ2v) is 5.11. The van der Waals surface area contributed by atoms with E-state index in [0.717, 1.165) is 23.5 Å². The van der Waals surface area contributed by atoms with Gasteiger partial charge in [0.2, 0.25) is 5.91 Å². The van der Waals surface area contributed by atoms with Gasteiger partial charge in [-0.25, -0.2) is 4.99 Å². The lowest BCUT2D eigenvalue weighted by Gasteiger charge is -2.14. The van der Waals surface area contributed by atoms with Crippen molar-refractivity contribution in [1.29, 1.82) is 0 Å². The lowest BCUT2D eigenvalue weighted by atomic mass is 10.2. The Kier molecular flexibility index (Phi) is 6.20. The minimum absolute atomic E-state index is 0.00865. The van der Waals surface area contributed by atoms with E-state index in [-0.39, 0.29) is 12.5 Å². The van der Waals surface area contributed by atoms with E-state index < -0.39 is 0 Å². The molecule has 0 saturated heterocycles. The number of carbonyl (C=O) groups excluding carboxylic acids is 1. The van der Waals surface area contributed by atoms with Crippen LogP contribution >= 0.6 is 0 Å². The quantitative estimate of drug-likeness (QED) is 0.600. The summed E-state index contributed by atoms with van der Waals surface area (Å²) in [6, 6.07) is 0. The predicted molar refractivity (Wildman–Crippen MR) is 84.2 cm³/mol. The van der Waals surface area contributed by atoms with Crippen LogP contribution in [0.25, 0.3) is 0 Å². The van der Waals surface area contributed by atoms with Gasteiger partial charge in [0.25, 0.3) is 0 Å². The van der Waals surface area contributed by atoms with Crippen LogP contribution in [0.3, 0.4) is 0 Å². The van der Waals surface area contributed by atoms with Crippen molar-refractivity contribution in [2.24, 2.45) is 12.0 Å². The van der Waals surface area contributed by atoms with Crippen molar-refractivity contribution in [3.05, 3.63) is 17.0 Å². The van der Waals surface area contributed by atoms with E-state index in [0.29, 0.717) is 12.5 Å². The first-order valence-corrected chi connectivity index (χ1v) is 7.08. The number of likely N-dealkylation sites (N-methyl/N-ethyl adjacent to an activating group) is 1. The smallest absolute Gasteiger partial charge is 0.241 e. The molecule has 0 unspecified atom stereocenters. The number of aromatic nitrogens is 2. The largest absolute Gasteiger partial charge is 0.357 e. The van der Waals surface area contributed by atoms with Crippen LogP contribution in [0.4, 0.5) is 0 Å². The second kappa shape index (κ2) is 7.66. The molecule has 1 heterocycles. The molecule has 0 bridgehead atoms. The van der Waals surface area contributed by atoms with Crippen molar-refractivity contribution in [2.45, 2.75) is 27.3 Å². The van der Waals surface area contributed by atoms with Gasteiger partial charge in [-0.05, 0) is 20.8 Å². The van der Waals surface area contributed by atoms with Crippen molar-refractivity contribution < 1.29 is 4.79 Å². The van der Waals surface area contributed by atoms with Gasteiger partial charge >= 0.3 is 0 Å². The Morgan fingerprint density at radius 1 is 1.33 bits per heavy atom. The van der Waals surface area contributed by atoms with Gasteiger partial charge in [0.1, 0.15) is 0 Å². The lowest BCUT2D eigenvalue weighted by molar-refractivity contribution is -0.127. The third-order valence-corrected chi connectivity index (χ3v) is 3.30. The van der Waals surface area contributed by atoms with Crippen LogP contribution in [0.15, 0.2) is 4.99 Å². The molecule has 0 aliphatic heterocycles. The Morgan fingerprint density at radius 2 is 2.00 bits per heavy atom. The molecule has 0 spiro atoms. The van der Waals surface area contributed by atoms with Crippen LogP contribution in [0, 0.1) is 13.8 Å². The zero-order valence-electron chi connectivity index (χ0n) is 13.8. The highest BCUT2D eigenvalue weighted by atomic mass is 16.2. The van der Waals surface area contributed by atoms with Gasteiger partial charge in [-0.15, -0.1) is 0 Å². The number of rotatable bonds is 5. The lowest BCUT2D eigenvalue weighted by Crippen LogP contribution is -2.42. The Labute approximate surface area is 126 Å².